The summed E-state index contributed by atoms with van der Waals surface area (Å²) in [5.74, 6) is -1.17. The minimum absolute atomic E-state index is 0.00639. The molecule has 0 aliphatic heterocycles. The van der Waals surface area contributed by atoms with E-state index in [1.807, 2.05) is 0 Å². The van der Waals surface area contributed by atoms with E-state index in [9.17, 15) is 4.79 Å². The Bertz CT molecular complexity index is 338. The van der Waals surface area contributed by atoms with Gasteiger partial charge in [0.1, 0.15) is 0 Å². The van der Waals surface area contributed by atoms with Crippen LogP contribution >= 0.6 is 11.6 Å². The number of carbonyl (C=O) groups is 1. The highest BCUT2D eigenvalue weighted by Gasteiger charge is 2.13. The van der Waals surface area contributed by atoms with Crippen molar-refractivity contribution in [1.82, 2.24) is 4.98 Å². The molecule has 12 heavy (non-hydrogen) atoms. The zero-order chi connectivity index (χ0) is 9.30. The van der Waals surface area contributed by atoms with Crippen LogP contribution in [0.5, 0.6) is 0 Å². The van der Waals surface area contributed by atoms with Gasteiger partial charge in [-0.3, -0.25) is 0 Å². The summed E-state index contributed by atoms with van der Waals surface area (Å²) in [6, 6.07) is 1.52. The van der Waals surface area contributed by atoms with Gasteiger partial charge in [0.25, 0.3) is 0 Å². The Balaban J connectivity index is 3.37. The predicted octanol–water partition coefficient (Wildman–Crippen LogP) is 1.32. The van der Waals surface area contributed by atoms with E-state index in [0.29, 0.717) is 5.69 Å². The van der Waals surface area contributed by atoms with E-state index >= 15 is 0 Å². The Kier molecular flexibility index (Phi) is 2.19. The van der Waals surface area contributed by atoms with E-state index in [1.54, 1.807) is 6.92 Å². The molecule has 0 saturated carbocycles. The van der Waals surface area contributed by atoms with Gasteiger partial charge in [-0.05, 0) is 13.0 Å². The lowest BCUT2D eigenvalue weighted by Crippen LogP contribution is -2.05. The van der Waals surface area contributed by atoms with Crippen molar-refractivity contribution in [3.05, 3.63) is 22.5 Å². The second-order valence-electron chi connectivity index (χ2n) is 2.32. The monoisotopic (exact) mass is 186 g/mol. The molecule has 5 heteroatoms. The molecule has 4 nitrogen and oxygen atoms in total. The fraction of sp³-hybridized carbons (Fsp3) is 0.143. The van der Waals surface area contributed by atoms with Crippen LogP contribution in [0.25, 0.3) is 0 Å². The van der Waals surface area contributed by atoms with Gasteiger partial charge in [0, 0.05) is 5.69 Å². The van der Waals surface area contributed by atoms with Crippen LogP contribution in [0.3, 0.4) is 0 Å². The lowest BCUT2D eigenvalue weighted by Gasteiger charge is -2.02. The van der Waals surface area contributed by atoms with E-state index in [4.69, 9.17) is 22.4 Å². The van der Waals surface area contributed by atoms with Crippen LogP contribution in [-0.4, -0.2) is 16.1 Å². The normalized spacial score (nSPS) is 9.83. The van der Waals surface area contributed by atoms with Crippen LogP contribution in [0, 0.1) is 6.92 Å². The number of halogens is 1. The molecule has 1 aromatic rings. The number of nitrogens with two attached hydrogens (primary N) is 1. The molecule has 0 fully saturated rings. The van der Waals surface area contributed by atoms with Crippen LogP contribution < -0.4 is 5.73 Å². The van der Waals surface area contributed by atoms with Gasteiger partial charge >= 0.3 is 5.97 Å². The molecule has 3 N–H and O–H groups in total. The summed E-state index contributed by atoms with van der Waals surface area (Å²) in [5.41, 5.74) is 6.00. The molecule has 0 amide bonds. The molecule has 0 aliphatic carbocycles. The molecule has 0 saturated heterocycles. The zero-order valence-corrected chi connectivity index (χ0v) is 7.09. The first-order valence-electron chi connectivity index (χ1n) is 3.18. The quantitative estimate of drug-likeness (QED) is 0.694. The average molecular weight is 187 g/mol. The maximum absolute atomic E-state index is 10.5. The van der Waals surface area contributed by atoms with Crippen molar-refractivity contribution in [3.63, 3.8) is 0 Å². The lowest BCUT2D eigenvalue weighted by atomic mass is 10.3. The summed E-state index contributed by atoms with van der Waals surface area (Å²) in [6.45, 7) is 1.65. The number of hydrogen-bond acceptors (Lipinski definition) is 3. The van der Waals surface area contributed by atoms with Gasteiger partial charge in [-0.2, -0.15) is 0 Å². The topological polar surface area (TPSA) is 76.2 Å². The van der Waals surface area contributed by atoms with Crippen LogP contribution in [0.2, 0.25) is 5.02 Å². The standard InChI is InChI=1S/C7H7ClN2O2/c1-3-2-4(9)5(8)6(10-3)7(11)12/h2H,1H3,(H2,9,10)(H,11,12). The molecular weight excluding hydrogens is 180 g/mol. The van der Waals surface area contributed by atoms with Crippen molar-refractivity contribution >= 4 is 23.3 Å². The van der Waals surface area contributed by atoms with Gasteiger partial charge in [0.05, 0.1) is 10.7 Å². The van der Waals surface area contributed by atoms with Crippen molar-refractivity contribution < 1.29 is 9.90 Å². The number of nitrogen functional groups attached to an aromatic ring is 1. The van der Waals surface area contributed by atoms with E-state index in [2.05, 4.69) is 4.98 Å². The third-order valence-electron chi connectivity index (χ3n) is 1.32. The first kappa shape index (κ1) is 8.80. The summed E-state index contributed by atoms with van der Waals surface area (Å²) in [6.07, 6.45) is 0. The first-order valence-corrected chi connectivity index (χ1v) is 3.56. The second-order valence-corrected chi connectivity index (χ2v) is 2.70. The van der Waals surface area contributed by atoms with Crippen molar-refractivity contribution in [2.24, 2.45) is 0 Å². The number of carboxylic acids is 1. The number of nitrogens with zero attached hydrogens (tertiary/aromatic N) is 1. The Labute approximate surface area is 74.0 Å². The average Bonchev–Trinajstić information content (AvgIpc) is 1.96. The molecule has 0 aromatic carbocycles. The number of aryl methyl sites for hydroxylation is 1. The van der Waals surface area contributed by atoms with Gasteiger partial charge in [0.2, 0.25) is 0 Å². The summed E-state index contributed by atoms with van der Waals surface area (Å²) in [7, 11) is 0. The lowest BCUT2D eigenvalue weighted by molar-refractivity contribution is 0.0690. The van der Waals surface area contributed by atoms with Gasteiger partial charge < -0.3 is 10.8 Å². The molecule has 1 aromatic heterocycles. The fourth-order valence-corrected chi connectivity index (χ4v) is 1.00. The molecule has 64 valence electrons. The largest absolute Gasteiger partial charge is 0.476 e. The second kappa shape index (κ2) is 2.98. The van der Waals surface area contributed by atoms with Crippen LogP contribution in [0.15, 0.2) is 6.07 Å². The van der Waals surface area contributed by atoms with E-state index in [1.165, 1.54) is 6.07 Å². The van der Waals surface area contributed by atoms with Crippen LogP contribution in [-0.2, 0) is 0 Å². The fourth-order valence-electron chi connectivity index (χ4n) is 0.825. The van der Waals surface area contributed by atoms with Crippen molar-refractivity contribution in [1.29, 1.82) is 0 Å². The zero-order valence-electron chi connectivity index (χ0n) is 6.34. The summed E-state index contributed by atoms with van der Waals surface area (Å²) in [4.78, 5) is 14.2. The third-order valence-corrected chi connectivity index (χ3v) is 1.71. The number of carboxylic acid groups (broad SMARTS) is 1. The highest BCUT2D eigenvalue weighted by atomic mass is 35.5. The minimum Gasteiger partial charge on any atom is -0.476 e. The predicted molar refractivity (Wildman–Crippen MR) is 45.4 cm³/mol. The van der Waals surface area contributed by atoms with E-state index in [-0.39, 0.29) is 16.4 Å². The van der Waals surface area contributed by atoms with Crippen molar-refractivity contribution in [3.8, 4) is 0 Å². The van der Waals surface area contributed by atoms with Crippen molar-refractivity contribution in [2.75, 3.05) is 5.73 Å². The molecule has 0 aliphatic rings. The van der Waals surface area contributed by atoms with Crippen LogP contribution in [0.4, 0.5) is 5.69 Å². The third kappa shape index (κ3) is 1.48. The molecule has 0 radical (unpaired) electrons. The number of pyridine rings is 1. The molecular formula is C7H7ClN2O2. The highest BCUT2D eigenvalue weighted by Crippen LogP contribution is 2.22. The van der Waals surface area contributed by atoms with Crippen molar-refractivity contribution in [2.45, 2.75) is 6.92 Å². The van der Waals surface area contributed by atoms with Crippen LogP contribution in [0.1, 0.15) is 16.2 Å². The smallest absolute Gasteiger partial charge is 0.356 e. The molecule has 0 unspecified atom stereocenters. The first-order chi connectivity index (χ1) is 5.52. The maximum Gasteiger partial charge on any atom is 0.356 e. The Hall–Kier alpha value is -1.29. The number of anilines is 1. The molecule has 0 atom stereocenters. The Morgan fingerprint density at radius 3 is 2.83 bits per heavy atom. The Morgan fingerprint density at radius 2 is 2.33 bits per heavy atom. The summed E-state index contributed by atoms with van der Waals surface area (Å²) < 4.78 is 0. The molecule has 1 rings (SSSR count). The number of aromatic carboxylic acids is 1. The minimum atomic E-state index is -1.17. The van der Waals surface area contributed by atoms with Gasteiger partial charge in [-0.1, -0.05) is 11.6 Å². The van der Waals surface area contributed by atoms with Gasteiger partial charge in [-0.25, -0.2) is 9.78 Å². The molecule has 0 spiro atoms. The summed E-state index contributed by atoms with van der Waals surface area (Å²) >= 11 is 5.59. The number of rotatable bonds is 1. The number of aromatic nitrogens is 1. The van der Waals surface area contributed by atoms with Gasteiger partial charge in [-0.15, -0.1) is 0 Å². The molecule has 1 heterocycles. The molecule has 0 bridgehead atoms. The van der Waals surface area contributed by atoms with E-state index in [0.717, 1.165) is 0 Å². The van der Waals surface area contributed by atoms with Gasteiger partial charge in [0.15, 0.2) is 5.69 Å². The maximum atomic E-state index is 10.5. The number of hydrogen-bond donors (Lipinski definition) is 2. The summed E-state index contributed by atoms with van der Waals surface area (Å²) in [5, 5.41) is 8.61. The highest BCUT2D eigenvalue weighted by molar-refractivity contribution is 6.35. The Morgan fingerprint density at radius 1 is 1.75 bits per heavy atom. The SMILES string of the molecule is Cc1cc(N)c(Cl)c(C(=O)O)n1. The van der Waals surface area contributed by atoms with E-state index < -0.39 is 5.97 Å².